The molecule has 130 valence electrons. The van der Waals surface area contributed by atoms with Gasteiger partial charge in [-0.25, -0.2) is 4.79 Å². The molecule has 1 N–H and O–H groups in total. The second-order valence-electron chi connectivity index (χ2n) is 5.38. The summed E-state index contributed by atoms with van der Waals surface area (Å²) < 4.78 is 4.52. The number of anilines is 1. The number of carbonyl (C=O) groups excluding carboxylic acids is 3. The van der Waals surface area contributed by atoms with Gasteiger partial charge in [0.1, 0.15) is 0 Å². The van der Waals surface area contributed by atoms with E-state index in [2.05, 4.69) is 10.1 Å². The SMILES string of the molecule is COC(=O)CCC(=O)N1CCN(C(=O)Nc2ccc(Cl)cc2)CC1. The Hall–Kier alpha value is -2.28. The van der Waals surface area contributed by atoms with Gasteiger partial charge in [-0.1, -0.05) is 11.6 Å². The fourth-order valence-electron chi connectivity index (χ4n) is 2.36. The first-order chi connectivity index (χ1) is 11.5. The molecule has 1 saturated heterocycles. The fraction of sp³-hybridized carbons (Fsp3) is 0.438. The number of amides is 3. The molecule has 2 rings (SSSR count). The highest BCUT2D eigenvalue weighted by atomic mass is 35.5. The monoisotopic (exact) mass is 353 g/mol. The summed E-state index contributed by atoms with van der Waals surface area (Å²) in [5.41, 5.74) is 0.668. The number of esters is 1. The molecule has 24 heavy (non-hydrogen) atoms. The quantitative estimate of drug-likeness (QED) is 0.839. The maximum absolute atomic E-state index is 12.2. The van der Waals surface area contributed by atoms with Crippen molar-refractivity contribution >= 4 is 35.2 Å². The average molecular weight is 354 g/mol. The first-order valence-corrected chi connectivity index (χ1v) is 8.03. The molecule has 1 aromatic carbocycles. The number of methoxy groups -OCH3 is 1. The zero-order chi connectivity index (χ0) is 17.5. The van der Waals surface area contributed by atoms with E-state index >= 15 is 0 Å². The van der Waals surface area contributed by atoms with Gasteiger partial charge in [0.05, 0.1) is 13.5 Å². The summed E-state index contributed by atoms with van der Waals surface area (Å²) in [4.78, 5) is 38.6. The van der Waals surface area contributed by atoms with Crippen LogP contribution in [0, 0.1) is 0 Å². The number of nitrogens with one attached hydrogen (secondary N) is 1. The second kappa shape index (κ2) is 8.54. The molecule has 0 bridgehead atoms. The van der Waals surface area contributed by atoms with Crippen LogP contribution in [0.4, 0.5) is 10.5 Å². The summed E-state index contributed by atoms with van der Waals surface area (Å²) in [5.74, 6) is -0.498. The van der Waals surface area contributed by atoms with E-state index in [1.807, 2.05) is 0 Å². The molecule has 0 aliphatic carbocycles. The summed E-state index contributed by atoms with van der Waals surface area (Å²) in [7, 11) is 1.30. The molecule has 1 aliphatic rings. The number of piperazine rings is 1. The van der Waals surface area contributed by atoms with Gasteiger partial charge in [-0.3, -0.25) is 9.59 Å². The minimum absolute atomic E-state index is 0.0760. The van der Waals surface area contributed by atoms with Crippen LogP contribution in [-0.2, 0) is 14.3 Å². The molecule has 0 saturated carbocycles. The maximum Gasteiger partial charge on any atom is 0.321 e. The Morgan fingerprint density at radius 3 is 2.21 bits per heavy atom. The average Bonchev–Trinajstić information content (AvgIpc) is 2.61. The van der Waals surface area contributed by atoms with E-state index in [0.29, 0.717) is 36.9 Å². The van der Waals surface area contributed by atoms with Crippen LogP contribution in [0.3, 0.4) is 0 Å². The number of rotatable bonds is 4. The number of benzene rings is 1. The van der Waals surface area contributed by atoms with Crippen molar-refractivity contribution in [1.82, 2.24) is 9.80 Å². The molecule has 7 nitrogen and oxygen atoms in total. The van der Waals surface area contributed by atoms with Gasteiger partial charge < -0.3 is 19.9 Å². The van der Waals surface area contributed by atoms with Gasteiger partial charge >= 0.3 is 12.0 Å². The standard InChI is InChI=1S/C16H20ClN3O4/c1-24-15(22)7-6-14(21)19-8-10-20(11-9-19)16(23)18-13-4-2-12(17)3-5-13/h2-5H,6-11H2,1H3,(H,18,23). The largest absolute Gasteiger partial charge is 0.469 e. The molecule has 0 unspecified atom stereocenters. The van der Waals surface area contributed by atoms with E-state index in [0.717, 1.165) is 0 Å². The smallest absolute Gasteiger partial charge is 0.321 e. The Bertz CT molecular complexity index is 598. The number of carbonyl (C=O) groups is 3. The van der Waals surface area contributed by atoms with Crippen molar-refractivity contribution in [1.29, 1.82) is 0 Å². The minimum Gasteiger partial charge on any atom is -0.469 e. The van der Waals surface area contributed by atoms with Crippen LogP contribution in [0.1, 0.15) is 12.8 Å². The van der Waals surface area contributed by atoms with Crippen LogP contribution < -0.4 is 5.32 Å². The Balaban J connectivity index is 1.77. The molecule has 0 spiro atoms. The maximum atomic E-state index is 12.2. The number of hydrogen-bond donors (Lipinski definition) is 1. The normalized spacial score (nSPS) is 14.2. The van der Waals surface area contributed by atoms with E-state index in [9.17, 15) is 14.4 Å². The van der Waals surface area contributed by atoms with Crippen LogP contribution >= 0.6 is 11.6 Å². The summed E-state index contributed by atoms with van der Waals surface area (Å²) in [6.45, 7) is 1.80. The van der Waals surface area contributed by atoms with Gasteiger partial charge in [-0.15, -0.1) is 0 Å². The number of ether oxygens (including phenoxy) is 1. The summed E-state index contributed by atoms with van der Waals surface area (Å²) in [5, 5.41) is 3.40. The van der Waals surface area contributed by atoms with Crippen molar-refractivity contribution in [3.8, 4) is 0 Å². The van der Waals surface area contributed by atoms with Crippen molar-refractivity contribution in [3.63, 3.8) is 0 Å². The van der Waals surface area contributed by atoms with Crippen LogP contribution in [-0.4, -0.2) is 61.0 Å². The number of nitrogens with zero attached hydrogens (tertiary/aromatic N) is 2. The zero-order valence-corrected chi connectivity index (χ0v) is 14.2. The van der Waals surface area contributed by atoms with Gasteiger partial charge in [-0.05, 0) is 24.3 Å². The van der Waals surface area contributed by atoms with Gasteiger partial charge in [0.2, 0.25) is 5.91 Å². The molecule has 0 radical (unpaired) electrons. The lowest BCUT2D eigenvalue weighted by Gasteiger charge is -2.34. The molecule has 1 heterocycles. The second-order valence-corrected chi connectivity index (χ2v) is 5.82. The van der Waals surface area contributed by atoms with Crippen molar-refractivity contribution in [2.24, 2.45) is 0 Å². The summed E-state index contributed by atoms with van der Waals surface area (Å²) in [6.07, 6.45) is 0.205. The molecule has 1 fully saturated rings. The van der Waals surface area contributed by atoms with Crippen molar-refractivity contribution in [2.45, 2.75) is 12.8 Å². The summed E-state index contributed by atoms with van der Waals surface area (Å²) in [6, 6.07) is 6.66. The third kappa shape index (κ3) is 5.13. The fourth-order valence-corrected chi connectivity index (χ4v) is 2.49. The highest BCUT2D eigenvalue weighted by Crippen LogP contribution is 2.14. The first-order valence-electron chi connectivity index (χ1n) is 7.65. The Morgan fingerprint density at radius 1 is 1.04 bits per heavy atom. The molecular weight excluding hydrogens is 334 g/mol. The summed E-state index contributed by atoms with van der Waals surface area (Å²) >= 11 is 5.81. The Morgan fingerprint density at radius 2 is 1.62 bits per heavy atom. The first kappa shape index (κ1) is 18.1. The highest BCUT2D eigenvalue weighted by Gasteiger charge is 2.24. The minimum atomic E-state index is -0.399. The van der Waals surface area contributed by atoms with Crippen LogP contribution in [0.2, 0.25) is 5.02 Å². The van der Waals surface area contributed by atoms with E-state index in [1.165, 1.54) is 7.11 Å². The van der Waals surface area contributed by atoms with E-state index in [1.54, 1.807) is 34.1 Å². The molecule has 0 atom stereocenters. The predicted molar refractivity (Wildman–Crippen MR) is 89.9 cm³/mol. The zero-order valence-electron chi connectivity index (χ0n) is 13.5. The number of hydrogen-bond acceptors (Lipinski definition) is 4. The Labute approximate surface area is 145 Å². The molecular formula is C16H20ClN3O4. The third-order valence-corrected chi connectivity index (χ3v) is 4.04. The lowest BCUT2D eigenvalue weighted by atomic mass is 10.2. The van der Waals surface area contributed by atoms with Crippen molar-refractivity contribution in [3.05, 3.63) is 29.3 Å². The molecule has 1 aliphatic heterocycles. The lowest BCUT2D eigenvalue weighted by molar-refractivity contribution is -0.143. The predicted octanol–water partition coefficient (Wildman–Crippen LogP) is 1.97. The van der Waals surface area contributed by atoms with Gasteiger partial charge in [0.15, 0.2) is 0 Å². The van der Waals surface area contributed by atoms with Crippen LogP contribution in [0.25, 0.3) is 0 Å². The van der Waals surface area contributed by atoms with Gasteiger partial charge in [-0.2, -0.15) is 0 Å². The van der Waals surface area contributed by atoms with Gasteiger partial charge in [0, 0.05) is 43.3 Å². The van der Waals surface area contributed by atoms with E-state index in [-0.39, 0.29) is 24.8 Å². The lowest BCUT2D eigenvalue weighted by Crippen LogP contribution is -2.51. The van der Waals surface area contributed by atoms with Crippen LogP contribution in [0.15, 0.2) is 24.3 Å². The topological polar surface area (TPSA) is 79.0 Å². The van der Waals surface area contributed by atoms with Gasteiger partial charge in [0.25, 0.3) is 0 Å². The van der Waals surface area contributed by atoms with E-state index < -0.39 is 5.97 Å². The number of halogens is 1. The third-order valence-electron chi connectivity index (χ3n) is 3.79. The number of urea groups is 1. The molecule has 1 aromatic rings. The molecule has 3 amide bonds. The van der Waals surface area contributed by atoms with E-state index in [4.69, 9.17) is 11.6 Å². The van der Waals surface area contributed by atoms with Crippen LogP contribution in [0.5, 0.6) is 0 Å². The molecule has 8 heteroatoms. The van der Waals surface area contributed by atoms with Crippen molar-refractivity contribution < 1.29 is 19.1 Å². The molecule has 0 aromatic heterocycles. The Kier molecular flexibility index (Phi) is 6.43. The van der Waals surface area contributed by atoms with Crippen molar-refractivity contribution in [2.75, 3.05) is 38.6 Å². The highest BCUT2D eigenvalue weighted by molar-refractivity contribution is 6.30.